The molecule has 1 amide bonds. The van der Waals surface area contributed by atoms with Crippen LogP contribution >= 0.6 is 11.5 Å². The van der Waals surface area contributed by atoms with Gasteiger partial charge in [-0.1, -0.05) is 30.3 Å². The van der Waals surface area contributed by atoms with E-state index in [1.54, 1.807) is 13.8 Å². The second-order valence-electron chi connectivity index (χ2n) is 7.22. The third kappa shape index (κ3) is 5.60. The van der Waals surface area contributed by atoms with Gasteiger partial charge in [-0.25, -0.2) is 4.79 Å². The van der Waals surface area contributed by atoms with E-state index >= 15 is 0 Å². The van der Waals surface area contributed by atoms with Gasteiger partial charge < -0.3 is 8.92 Å². The van der Waals surface area contributed by atoms with Crippen LogP contribution < -0.4 is 5.32 Å². The van der Waals surface area contributed by atoms with Gasteiger partial charge in [0.05, 0.1) is 16.3 Å². The number of carbonyl (C=O) groups excluding carboxylic acids is 1. The van der Waals surface area contributed by atoms with Crippen LogP contribution in [0, 0.1) is 6.92 Å². The molecule has 1 unspecified atom stereocenters. The van der Waals surface area contributed by atoms with Crippen LogP contribution in [0.5, 0.6) is 0 Å². The highest BCUT2D eigenvalue weighted by Crippen LogP contribution is 2.41. The summed E-state index contributed by atoms with van der Waals surface area (Å²) in [5, 5.41) is 2.72. The molecule has 32 heavy (non-hydrogen) atoms. The fourth-order valence-corrected chi connectivity index (χ4v) is 4.72. The Morgan fingerprint density at radius 3 is 2.56 bits per heavy atom. The number of amides is 1. The number of alkyl halides is 3. The molecule has 0 radical (unpaired) electrons. The van der Waals surface area contributed by atoms with Gasteiger partial charge in [0, 0.05) is 12.3 Å². The van der Waals surface area contributed by atoms with Crippen molar-refractivity contribution >= 4 is 33.4 Å². The lowest BCUT2D eigenvalue weighted by molar-refractivity contribution is -0.0524. The molecule has 0 saturated heterocycles. The standard InChI is InChI=1S/C20H21F3N2O5S2/c1-12-17(24-19(26)29-13(2)14-6-4-3-5-7-14)18(31-25-12)15-8-10-16(11-9-15)30-32(27,28)20(21,22)23/h3-7,10,13,15H,8-9,11H2,1-2H3,(H,24,26)/t13-,15?/m1/s1. The summed E-state index contributed by atoms with van der Waals surface area (Å²) in [5.41, 5.74) is -3.57. The number of nitrogens with one attached hydrogen (secondary N) is 1. The first-order valence-corrected chi connectivity index (χ1v) is 11.8. The summed E-state index contributed by atoms with van der Waals surface area (Å²) >= 11 is 1.17. The first-order chi connectivity index (χ1) is 15.0. The lowest BCUT2D eigenvalue weighted by Crippen LogP contribution is -2.26. The van der Waals surface area contributed by atoms with E-state index in [4.69, 9.17) is 4.74 Å². The van der Waals surface area contributed by atoms with Crippen molar-refractivity contribution in [3.8, 4) is 0 Å². The van der Waals surface area contributed by atoms with Gasteiger partial charge in [-0.2, -0.15) is 26.0 Å². The summed E-state index contributed by atoms with van der Waals surface area (Å²) in [6.45, 7) is 3.47. The van der Waals surface area contributed by atoms with Crippen LogP contribution in [0.4, 0.5) is 23.7 Å². The number of hydrogen-bond donors (Lipinski definition) is 1. The molecule has 1 aliphatic carbocycles. The molecule has 1 aromatic carbocycles. The van der Waals surface area contributed by atoms with Gasteiger partial charge in [-0.3, -0.25) is 5.32 Å². The summed E-state index contributed by atoms with van der Waals surface area (Å²) in [5.74, 6) is -0.408. The maximum absolute atomic E-state index is 12.5. The molecule has 1 heterocycles. The maximum atomic E-state index is 12.5. The Morgan fingerprint density at radius 1 is 1.28 bits per heavy atom. The van der Waals surface area contributed by atoms with Gasteiger partial charge in [-0.15, -0.1) is 0 Å². The first-order valence-electron chi connectivity index (χ1n) is 9.66. The van der Waals surface area contributed by atoms with Crippen LogP contribution in [0.2, 0.25) is 0 Å². The monoisotopic (exact) mass is 490 g/mol. The van der Waals surface area contributed by atoms with Crippen molar-refractivity contribution in [1.82, 2.24) is 4.37 Å². The average molecular weight is 491 g/mol. The molecule has 0 bridgehead atoms. The first kappa shape index (κ1) is 24.1. The Labute approximate surface area is 187 Å². The lowest BCUT2D eigenvalue weighted by Gasteiger charge is -2.22. The minimum atomic E-state index is -5.69. The van der Waals surface area contributed by atoms with E-state index < -0.39 is 27.8 Å². The molecule has 1 aromatic heterocycles. The van der Waals surface area contributed by atoms with Gasteiger partial charge >= 0.3 is 21.7 Å². The molecule has 2 atom stereocenters. The number of aryl methyl sites for hydroxylation is 1. The molecular weight excluding hydrogens is 469 g/mol. The molecular formula is C20H21F3N2O5S2. The normalized spacial score (nSPS) is 17.9. The van der Waals surface area contributed by atoms with Crippen molar-refractivity contribution in [2.45, 2.75) is 50.6 Å². The van der Waals surface area contributed by atoms with E-state index in [1.807, 2.05) is 30.3 Å². The highest BCUT2D eigenvalue weighted by Gasteiger charge is 2.49. The zero-order valence-corrected chi connectivity index (χ0v) is 18.8. The molecule has 1 N–H and O–H groups in total. The van der Waals surface area contributed by atoms with Crippen molar-refractivity contribution in [2.75, 3.05) is 5.32 Å². The summed E-state index contributed by atoms with van der Waals surface area (Å²) in [4.78, 5) is 13.2. The second-order valence-corrected chi connectivity index (χ2v) is 9.56. The Bertz CT molecular complexity index is 1100. The maximum Gasteiger partial charge on any atom is 0.534 e. The van der Waals surface area contributed by atoms with Crippen molar-refractivity contribution < 1.29 is 35.3 Å². The molecule has 0 spiro atoms. The van der Waals surface area contributed by atoms with Gasteiger partial charge in [0.25, 0.3) is 0 Å². The second kappa shape index (κ2) is 9.49. The van der Waals surface area contributed by atoms with E-state index in [1.165, 1.54) is 17.6 Å². The molecule has 0 aliphatic heterocycles. The number of aromatic nitrogens is 1. The third-order valence-corrected chi connectivity index (χ3v) is 7.01. The van der Waals surface area contributed by atoms with Gasteiger partial charge in [0.1, 0.15) is 11.9 Å². The number of halogens is 3. The van der Waals surface area contributed by atoms with Crippen LogP contribution in [0.3, 0.4) is 0 Å². The van der Waals surface area contributed by atoms with Crippen LogP contribution in [0.25, 0.3) is 0 Å². The number of anilines is 1. The van der Waals surface area contributed by atoms with Gasteiger partial charge in [0.2, 0.25) is 0 Å². The SMILES string of the molecule is Cc1nsc(C2CC=C(OS(=O)(=O)C(F)(F)F)CC2)c1NC(=O)O[C@H](C)c1ccccc1. The van der Waals surface area contributed by atoms with Crippen LogP contribution in [-0.2, 0) is 19.0 Å². The van der Waals surface area contributed by atoms with Gasteiger partial charge in [0.15, 0.2) is 0 Å². The van der Waals surface area contributed by atoms with Gasteiger partial charge in [-0.05, 0) is 49.9 Å². The molecule has 3 rings (SSSR count). The van der Waals surface area contributed by atoms with Crippen LogP contribution in [0.1, 0.15) is 54.3 Å². The molecule has 174 valence electrons. The topological polar surface area (TPSA) is 94.6 Å². The largest absolute Gasteiger partial charge is 0.534 e. The molecule has 2 aromatic rings. The number of rotatable bonds is 6. The lowest BCUT2D eigenvalue weighted by atomic mass is 9.91. The Morgan fingerprint density at radius 2 is 1.97 bits per heavy atom. The quantitative estimate of drug-likeness (QED) is 0.408. The van der Waals surface area contributed by atoms with E-state index in [0.29, 0.717) is 17.8 Å². The zero-order valence-electron chi connectivity index (χ0n) is 17.2. The van der Waals surface area contributed by atoms with Crippen molar-refractivity contribution in [1.29, 1.82) is 0 Å². The Hall–Kier alpha value is -2.60. The molecule has 0 saturated carbocycles. The number of carbonyl (C=O) groups is 1. The summed E-state index contributed by atoms with van der Waals surface area (Å²) in [6.07, 6.45) is 0.786. The number of benzene rings is 1. The van der Waals surface area contributed by atoms with E-state index in [9.17, 15) is 26.4 Å². The summed E-state index contributed by atoms with van der Waals surface area (Å²) in [7, 11) is -5.69. The van der Waals surface area contributed by atoms with Crippen LogP contribution in [0.15, 0.2) is 42.2 Å². The predicted octanol–water partition coefficient (Wildman–Crippen LogP) is 5.78. The van der Waals surface area contributed by atoms with Crippen LogP contribution in [-0.4, -0.2) is 24.4 Å². The minimum absolute atomic E-state index is 0.00581. The molecule has 1 aliphatic rings. The Kier molecular flexibility index (Phi) is 7.13. The van der Waals surface area contributed by atoms with E-state index in [-0.39, 0.29) is 24.5 Å². The molecule has 7 nitrogen and oxygen atoms in total. The van der Waals surface area contributed by atoms with Crippen molar-refractivity contribution in [3.05, 3.63) is 58.3 Å². The van der Waals surface area contributed by atoms with E-state index in [0.717, 1.165) is 10.4 Å². The average Bonchev–Trinajstić information content (AvgIpc) is 3.08. The number of nitrogens with zero attached hydrogens (tertiary/aromatic N) is 1. The highest BCUT2D eigenvalue weighted by atomic mass is 32.2. The molecule has 0 fully saturated rings. The van der Waals surface area contributed by atoms with Crippen molar-refractivity contribution in [2.24, 2.45) is 0 Å². The Balaban J connectivity index is 1.66. The minimum Gasteiger partial charge on any atom is -0.441 e. The summed E-state index contributed by atoms with van der Waals surface area (Å²) in [6, 6.07) is 9.22. The number of allylic oxidation sites excluding steroid dienone is 2. The highest BCUT2D eigenvalue weighted by molar-refractivity contribution is 7.87. The predicted molar refractivity (Wildman–Crippen MR) is 113 cm³/mol. The fraction of sp³-hybridized carbons (Fsp3) is 0.400. The molecule has 12 heteroatoms. The zero-order chi connectivity index (χ0) is 23.5. The number of hydrogen-bond acceptors (Lipinski definition) is 7. The number of ether oxygens (including phenoxy) is 1. The van der Waals surface area contributed by atoms with E-state index in [2.05, 4.69) is 13.9 Å². The fourth-order valence-electron chi connectivity index (χ4n) is 3.21. The smallest absolute Gasteiger partial charge is 0.441 e. The van der Waals surface area contributed by atoms with Crippen molar-refractivity contribution in [3.63, 3.8) is 0 Å². The summed E-state index contributed by atoms with van der Waals surface area (Å²) < 4.78 is 73.8. The third-order valence-electron chi connectivity index (χ3n) is 4.91.